The number of hydrogen-bond donors (Lipinski definition) is 2. The van der Waals surface area contributed by atoms with E-state index in [-0.39, 0.29) is 11.8 Å². The average molecular weight is 354 g/mol. The van der Waals surface area contributed by atoms with Crippen LogP contribution in [0.3, 0.4) is 0 Å². The minimum Gasteiger partial charge on any atom is -0.493 e. The Morgan fingerprint density at radius 2 is 1.85 bits per heavy atom. The Kier molecular flexibility index (Phi) is 6.79. The summed E-state index contributed by atoms with van der Waals surface area (Å²) in [4.78, 5) is 24.4. The molecule has 0 aliphatic heterocycles. The second kappa shape index (κ2) is 9.27. The fraction of sp³-hybridized carbons (Fsp3) is 0.200. The van der Waals surface area contributed by atoms with Crippen molar-refractivity contribution in [3.05, 3.63) is 66.2 Å². The maximum atomic E-state index is 12.5. The van der Waals surface area contributed by atoms with E-state index in [1.54, 1.807) is 48.5 Å². The van der Waals surface area contributed by atoms with Crippen molar-refractivity contribution in [3.63, 3.8) is 0 Å². The normalized spacial score (nSPS) is 9.92. The Balaban J connectivity index is 2.16. The molecule has 0 aliphatic carbocycles. The number of methoxy groups -OCH3 is 1. The van der Waals surface area contributed by atoms with E-state index in [4.69, 9.17) is 9.47 Å². The molecule has 2 rings (SSSR count). The van der Waals surface area contributed by atoms with E-state index in [0.717, 1.165) is 0 Å². The molecular weight excluding hydrogens is 332 g/mol. The van der Waals surface area contributed by atoms with Gasteiger partial charge < -0.3 is 20.1 Å². The van der Waals surface area contributed by atoms with Gasteiger partial charge >= 0.3 is 0 Å². The van der Waals surface area contributed by atoms with Crippen LogP contribution in [0.25, 0.3) is 0 Å². The van der Waals surface area contributed by atoms with Gasteiger partial charge in [0.2, 0.25) is 0 Å². The van der Waals surface area contributed by atoms with Crippen LogP contribution in [0.15, 0.2) is 55.1 Å². The minimum atomic E-state index is -0.313. The van der Waals surface area contributed by atoms with Crippen LogP contribution in [0.5, 0.6) is 11.5 Å². The van der Waals surface area contributed by atoms with Crippen LogP contribution < -0.4 is 20.1 Å². The molecule has 0 heterocycles. The summed E-state index contributed by atoms with van der Waals surface area (Å²) in [6.45, 7) is 6.32. The van der Waals surface area contributed by atoms with Crippen LogP contribution in [-0.4, -0.2) is 32.1 Å². The predicted molar refractivity (Wildman–Crippen MR) is 101 cm³/mol. The van der Waals surface area contributed by atoms with Gasteiger partial charge in [-0.1, -0.05) is 18.7 Å². The molecule has 0 bridgehead atoms. The van der Waals surface area contributed by atoms with Crippen LogP contribution in [-0.2, 0) is 0 Å². The zero-order valence-electron chi connectivity index (χ0n) is 14.9. The predicted octanol–water partition coefficient (Wildman–Crippen LogP) is 3.26. The first-order valence-corrected chi connectivity index (χ1v) is 8.20. The summed E-state index contributed by atoms with van der Waals surface area (Å²) >= 11 is 0. The van der Waals surface area contributed by atoms with Gasteiger partial charge in [0.05, 0.1) is 7.11 Å². The molecule has 2 aromatic rings. The van der Waals surface area contributed by atoms with E-state index in [0.29, 0.717) is 41.5 Å². The monoisotopic (exact) mass is 354 g/mol. The number of nitrogens with one attached hydrogen (secondary N) is 2. The number of anilines is 1. The quantitative estimate of drug-likeness (QED) is 0.714. The summed E-state index contributed by atoms with van der Waals surface area (Å²) < 4.78 is 10.7. The summed E-state index contributed by atoms with van der Waals surface area (Å²) in [5, 5.41) is 5.50. The third kappa shape index (κ3) is 4.86. The van der Waals surface area contributed by atoms with Gasteiger partial charge in [0.25, 0.3) is 11.8 Å². The van der Waals surface area contributed by atoms with Gasteiger partial charge in [-0.2, -0.15) is 0 Å². The Hall–Kier alpha value is -3.28. The lowest BCUT2D eigenvalue weighted by molar-refractivity contribution is 0.0954. The molecule has 0 aromatic heterocycles. The highest BCUT2D eigenvalue weighted by atomic mass is 16.5. The van der Waals surface area contributed by atoms with E-state index in [9.17, 15) is 9.59 Å². The summed E-state index contributed by atoms with van der Waals surface area (Å²) in [5.74, 6) is 0.485. The molecule has 0 radical (unpaired) electrons. The van der Waals surface area contributed by atoms with Crippen molar-refractivity contribution in [3.8, 4) is 11.5 Å². The third-order valence-electron chi connectivity index (χ3n) is 3.50. The molecule has 6 nitrogen and oxygen atoms in total. The van der Waals surface area contributed by atoms with Crippen LogP contribution >= 0.6 is 0 Å². The first-order chi connectivity index (χ1) is 12.6. The first kappa shape index (κ1) is 19.1. The fourth-order valence-corrected chi connectivity index (χ4v) is 2.28. The molecule has 0 fully saturated rings. The average Bonchev–Trinajstić information content (AvgIpc) is 2.66. The number of carbonyl (C=O) groups is 2. The van der Waals surface area contributed by atoms with Gasteiger partial charge in [-0.3, -0.25) is 9.59 Å². The Labute approximate surface area is 152 Å². The fourth-order valence-electron chi connectivity index (χ4n) is 2.28. The van der Waals surface area contributed by atoms with Gasteiger partial charge in [-0.25, -0.2) is 0 Å². The number of benzene rings is 2. The molecule has 0 unspecified atom stereocenters. The van der Waals surface area contributed by atoms with E-state index < -0.39 is 0 Å². The standard InChI is InChI=1S/C20H22N2O4/c1-4-11-26-17-10-9-15(13-18(17)25-3)20(24)22-16-8-6-7-14(12-16)19(23)21-5-2/h4,6-10,12-13H,1,5,11H2,2-3H3,(H,21,23)(H,22,24). The maximum Gasteiger partial charge on any atom is 0.255 e. The second-order valence-corrected chi connectivity index (χ2v) is 5.36. The number of ether oxygens (including phenoxy) is 2. The number of amides is 2. The zero-order chi connectivity index (χ0) is 18.9. The molecule has 0 saturated heterocycles. The van der Waals surface area contributed by atoms with Crippen molar-refractivity contribution < 1.29 is 19.1 Å². The Morgan fingerprint density at radius 1 is 1.08 bits per heavy atom. The van der Waals surface area contributed by atoms with E-state index >= 15 is 0 Å². The van der Waals surface area contributed by atoms with Crippen molar-refractivity contribution in [1.82, 2.24) is 5.32 Å². The number of rotatable bonds is 8. The first-order valence-electron chi connectivity index (χ1n) is 8.20. The van der Waals surface area contributed by atoms with Crippen molar-refractivity contribution >= 4 is 17.5 Å². The van der Waals surface area contributed by atoms with Crippen molar-refractivity contribution in [1.29, 1.82) is 0 Å². The summed E-state index contributed by atoms with van der Waals surface area (Å²) in [6.07, 6.45) is 1.63. The van der Waals surface area contributed by atoms with Crippen LogP contribution in [0.4, 0.5) is 5.69 Å². The molecule has 2 N–H and O–H groups in total. The molecule has 0 spiro atoms. The largest absolute Gasteiger partial charge is 0.493 e. The molecule has 0 aliphatic rings. The van der Waals surface area contributed by atoms with Crippen LogP contribution in [0.2, 0.25) is 0 Å². The van der Waals surface area contributed by atoms with Crippen molar-refractivity contribution in [2.75, 3.05) is 25.6 Å². The summed E-state index contributed by atoms with van der Waals surface area (Å²) in [7, 11) is 1.51. The van der Waals surface area contributed by atoms with E-state index in [2.05, 4.69) is 17.2 Å². The number of hydrogen-bond acceptors (Lipinski definition) is 4. The highest BCUT2D eigenvalue weighted by Crippen LogP contribution is 2.28. The third-order valence-corrected chi connectivity index (χ3v) is 3.50. The second-order valence-electron chi connectivity index (χ2n) is 5.36. The molecule has 6 heteroatoms. The minimum absolute atomic E-state index is 0.186. The van der Waals surface area contributed by atoms with Gasteiger partial charge in [0, 0.05) is 23.4 Å². The molecule has 136 valence electrons. The molecule has 0 saturated carbocycles. The highest BCUT2D eigenvalue weighted by Gasteiger charge is 2.12. The van der Waals surface area contributed by atoms with Crippen molar-refractivity contribution in [2.24, 2.45) is 0 Å². The summed E-state index contributed by atoms with van der Waals surface area (Å²) in [6, 6.07) is 11.7. The maximum absolute atomic E-state index is 12.5. The van der Waals surface area contributed by atoms with Gasteiger partial charge in [-0.15, -0.1) is 0 Å². The highest BCUT2D eigenvalue weighted by molar-refractivity contribution is 6.05. The smallest absolute Gasteiger partial charge is 0.255 e. The van der Waals surface area contributed by atoms with E-state index in [1.165, 1.54) is 7.11 Å². The molecule has 2 amide bonds. The lowest BCUT2D eigenvalue weighted by Crippen LogP contribution is -2.22. The van der Waals surface area contributed by atoms with Gasteiger partial charge in [0.1, 0.15) is 6.61 Å². The van der Waals surface area contributed by atoms with Crippen LogP contribution in [0, 0.1) is 0 Å². The lowest BCUT2D eigenvalue weighted by atomic mass is 10.1. The van der Waals surface area contributed by atoms with Crippen molar-refractivity contribution in [2.45, 2.75) is 6.92 Å². The van der Waals surface area contributed by atoms with Gasteiger partial charge in [0.15, 0.2) is 11.5 Å². The lowest BCUT2D eigenvalue weighted by Gasteiger charge is -2.12. The topological polar surface area (TPSA) is 76.7 Å². The molecule has 2 aromatic carbocycles. The molecule has 26 heavy (non-hydrogen) atoms. The molecule has 0 atom stereocenters. The Bertz CT molecular complexity index is 802. The zero-order valence-corrected chi connectivity index (χ0v) is 14.9. The number of carbonyl (C=O) groups excluding carboxylic acids is 2. The summed E-state index contributed by atoms with van der Waals surface area (Å²) in [5.41, 5.74) is 1.43. The van der Waals surface area contributed by atoms with Gasteiger partial charge in [-0.05, 0) is 43.3 Å². The van der Waals surface area contributed by atoms with Crippen LogP contribution in [0.1, 0.15) is 27.6 Å². The molecular formula is C20H22N2O4. The van der Waals surface area contributed by atoms with E-state index in [1.807, 2.05) is 6.92 Å². The Morgan fingerprint density at radius 3 is 2.54 bits per heavy atom. The SMILES string of the molecule is C=CCOc1ccc(C(=O)Nc2cccc(C(=O)NCC)c2)cc1OC.